The smallest absolute Gasteiger partial charge is 0.337 e. The quantitative estimate of drug-likeness (QED) is 0.529. The zero-order chi connectivity index (χ0) is 15.2. The monoisotopic (exact) mass is 285 g/mol. The Hall–Kier alpha value is -2.89. The average molecular weight is 285 g/mol. The van der Waals surface area contributed by atoms with Gasteiger partial charge in [0.15, 0.2) is 0 Å². The fourth-order valence-electron chi connectivity index (χ4n) is 1.69. The molecule has 0 fully saturated rings. The number of methoxy groups -OCH3 is 2. The molecule has 0 saturated heterocycles. The van der Waals surface area contributed by atoms with Gasteiger partial charge in [-0.05, 0) is 30.3 Å². The van der Waals surface area contributed by atoms with Crippen LogP contribution in [0.5, 0.6) is 5.75 Å². The molecule has 0 aliphatic carbocycles. The fraction of sp³-hybridized carbons (Fsp3) is 0.133. The summed E-state index contributed by atoms with van der Waals surface area (Å²) in [5.74, 6) is 0.121. The topological polar surface area (TPSA) is 86.3 Å². The molecule has 0 atom stereocenters. The van der Waals surface area contributed by atoms with Gasteiger partial charge in [0.2, 0.25) is 0 Å². The maximum Gasteiger partial charge on any atom is 0.337 e. The maximum atomic E-state index is 11.4. The molecule has 0 aliphatic heterocycles. The second kappa shape index (κ2) is 6.51. The van der Waals surface area contributed by atoms with E-state index in [1.807, 2.05) is 0 Å². The van der Waals surface area contributed by atoms with Gasteiger partial charge in [0.25, 0.3) is 0 Å². The molecule has 108 valence electrons. The molecule has 0 aliphatic rings. The van der Waals surface area contributed by atoms with E-state index in [1.54, 1.807) is 42.5 Å². The Balaban J connectivity index is 2.23. The summed E-state index contributed by atoms with van der Waals surface area (Å²) in [5, 5.41) is 8.17. The van der Waals surface area contributed by atoms with Crippen molar-refractivity contribution in [2.45, 2.75) is 0 Å². The number of rotatable bonds is 4. The number of anilines is 1. The van der Waals surface area contributed by atoms with Crippen LogP contribution >= 0.6 is 0 Å². The van der Waals surface area contributed by atoms with E-state index in [9.17, 15) is 4.79 Å². The van der Waals surface area contributed by atoms with Crippen molar-refractivity contribution >= 4 is 23.0 Å². The molecule has 0 radical (unpaired) electrons. The molecule has 2 rings (SSSR count). The van der Waals surface area contributed by atoms with Gasteiger partial charge in [-0.15, -0.1) is 0 Å². The van der Waals surface area contributed by atoms with Gasteiger partial charge in [-0.25, -0.2) is 4.79 Å². The first-order valence-electron chi connectivity index (χ1n) is 6.17. The van der Waals surface area contributed by atoms with Crippen molar-refractivity contribution in [2.24, 2.45) is 10.2 Å². The minimum absolute atomic E-state index is 0.416. The number of benzene rings is 2. The van der Waals surface area contributed by atoms with Crippen LogP contribution in [-0.4, -0.2) is 20.2 Å². The van der Waals surface area contributed by atoms with Crippen LogP contribution in [0.1, 0.15) is 10.4 Å². The maximum absolute atomic E-state index is 11.4. The van der Waals surface area contributed by atoms with E-state index in [4.69, 9.17) is 10.5 Å². The lowest BCUT2D eigenvalue weighted by Gasteiger charge is -2.04. The largest absolute Gasteiger partial charge is 0.495 e. The van der Waals surface area contributed by atoms with Crippen molar-refractivity contribution in [3.05, 3.63) is 48.0 Å². The van der Waals surface area contributed by atoms with Crippen molar-refractivity contribution in [3.63, 3.8) is 0 Å². The number of hydrogen-bond acceptors (Lipinski definition) is 6. The summed E-state index contributed by atoms with van der Waals surface area (Å²) < 4.78 is 9.77. The molecule has 0 aromatic heterocycles. The van der Waals surface area contributed by atoms with Crippen LogP contribution in [0.3, 0.4) is 0 Å². The van der Waals surface area contributed by atoms with Crippen LogP contribution in [-0.2, 0) is 4.74 Å². The number of nitrogens with two attached hydrogens (primary N) is 1. The van der Waals surface area contributed by atoms with Gasteiger partial charge in [0.05, 0.1) is 36.8 Å². The number of hydrogen-bond donors (Lipinski definition) is 1. The molecular formula is C15H15N3O3. The van der Waals surface area contributed by atoms with Crippen LogP contribution in [0.4, 0.5) is 17.1 Å². The summed E-state index contributed by atoms with van der Waals surface area (Å²) in [5.41, 5.74) is 7.83. The second-order valence-corrected chi connectivity index (χ2v) is 4.17. The van der Waals surface area contributed by atoms with Crippen molar-refractivity contribution in [1.82, 2.24) is 0 Å². The lowest BCUT2D eigenvalue weighted by molar-refractivity contribution is 0.0601. The molecule has 6 nitrogen and oxygen atoms in total. The summed E-state index contributed by atoms with van der Waals surface area (Å²) >= 11 is 0. The third-order valence-electron chi connectivity index (χ3n) is 2.77. The SMILES string of the molecule is COC(=O)c1cccc(N=Nc2ccc(N)c(OC)c2)c1. The fourth-order valence-corrected chi connectivity index (χ4v) is 1.69. The Morgan fingerprint density at radius 2 is 1.76 bits per heavy atom. The van der Waals surface area contributed by atoms with Gasteiger partial charge >= 0.3 is 5.97 Å². The first-order chi connectivity index (χ1) is 10.1. The normalized spacial score (nSPS) is 10.6. The van der Waals surface area contributed by atoms with Gasteiger partial charge in [0.1, 0.15) is 5.75 Å². The minimum atomic E-state index is -0.416. The van der Waals surface area contributed by atoms with E-state index in [-0.39, 0.29) is 0 Å². The molecule has 0 amide bonds. The van der Waals surface area contributed by atoms with E-state index in [0.29, 0.717) is 28.4 Å². The van der Waals surface area contributed by atoms with Crippen molar-refractivity contribution in [2.75, 3.05) is 20.0 Å². The molecular weight excluding hydrogens is 270 g/mol. The first kappa shape index (κ1) is 14.5. The third-order valence-corrected chi connectivity index (χ3v) is 2.77. The summed E-state index contributed by atoms with van der Waals surface area (Å²) in [6.07, 6.45) is 0. The molecule has 0 heterocycles. The summed E-state index contributed by atoms with van der Waals surface area (Å²) in [6.45, 7) is 0. The third kappa shape index (κ3) is 3.56. The van der Waals surface area contributed by atoms with Crippen LogP contribution in [0, 0.1) is 0 Å². The van der Waals surface area contributed by atoms with Gasteiger partial charge in [-0.3, -0.25) is 0 Å². The van der Waals surface area contributed by atoms with Crippen LogP contribution in [0.25, 0.3) is 0 Å². The molecule has 0 saturated carbocycles. The van der Waals surface area contributed by atoms with E-state index in [1.165, 1.54) is 14.2 Å². The Labute approximate surface area is 122 Å². The number of carbonyl (C=O) groups is 1. The molecule has 2 N–H and O–H groups in total. The average Bonchev–Trinajstić information content (AvgIpc) is 2.53. The number of nitrogen functional groups attached to an aromatic ring is 1. The number of ether oxygens (including phenoxy) is 2. The summed E-state index contributed by atoms with van der Waals surface area (Å²) in [6, 6.07) is 11.8. The summed E-state index contributed by atoms with van der Waals surface area (Å²) in [7, 11) is 2.86. The minimum Gasteiger partial charge on any atom is -0.495 e. The van der Waals surface area contributed by atoms with E-state index in [0.717, 1.165) is 0 Å². The molecule has 6 heteroatoms. The zero-order valence-corrected chi connectivity index (χ0v) is 11.7. The standard InChI is InChI=1S/C15H15N3O3/c1-20-14-9-12(6-7-13(14)16)18-17-11-5-3-4-10(8-11)15(19)21-2/h3-9H,16H2,1-2H3. The van der Waals surface area contributed by atoms with E-state index < -0.39 is 5.97 Å². The zero-order valence-electron chi connectivity index (χ0n) is 11.7. The Bertz CT molecular complexity index is 684. The molecule has 21 heavy (non-hydrogen) atoms. The number of esters is 1. The Morgan fingerprint density at radius 3 is 2.43 bits per heavy atom. The highest BCUT2D eigenvalue weighted by Gasteiger charge is 2.05. The molecule has 2 aromatic rings. The highest BCUT2D eigenvalue weighted by atomic mass is 16.5. The van der Waals surface area contributed by atoms with Gasteiger partial charge in [-0.2, -0.15) is 10.2 Å². The van der Waals surface area contributed by atoms with Crippen LogP contribution in [0.15, 0.2) is 52.7 Å². The molecule has 0 spiro atoms. The highest BCUT2D eigenvalue weighted by molar-refractivity contribution is 5.90. The van der Waals surface area contributed by atoms with Crippen molar-refractivity contribution < 1.29 is 14.3 Å². The highest BCUT2D eigenvalue weighted by Crippen LogP contribution is 2.28. The number of azo groups is 1. The predicted molar refractivity (Wildman–Crippen MR) is 79.4 cm³/mol. The summed E-state index contributed by atoms with van der Waals surface area (Å²) in [4.78, 5) is 11.4. The van der Waals surface area contributed by atoms with Gasteiger partial charge in [0, 0.05) is 6.07 Å². The van der Waals surface area contributed by atoms with Gasteiger partial charge in [-0.1, -0.05) is 6.07 Å². The van der Waals surface area contributed by atoms with E-state index in [2.05, 4.69) is 15.0 Å². The Morgan fingerprint density at radius 1 is 1.05 bits per heavy atom. The van der Waals surface area contributed by atoms with E-state index >= 15 is 0 Å². The predicted octanol–water partition coefficient (Wildman–Crippen LogP) is 3.48. The van der Waals surface area contributed by atoms with Gasteiger partial charge < -0.3 is 15.2 Å². The van der Waals surface area contributed by atoms with Crippen LogP contribution < -0.4 is 10.5 Å². The van der Waals surface area contributed by atoms with Crippen LogP contribution in [0.2, 0.25) is 0 Å². The second-order valence-electron chi connectivity index (χ2n) is 4.17. The van der Waals surface area contributed by atoms with Crippen molar-refractivity contribution in [1.29, 1.82) is 0 Å². The molecule has 0 unspecified atom stereocenters. The lowest BCUT2D eigenvalue weighted by atomic mass is 10.2. The lowest BCUT2D eigenvalue weighted by Crippen LogP contribution is -1.99. The Kier molecular flexibility index (Phi) is 4.50. The number of nitrogens with zero attached hydrogens (tertiary/aromatic N) is 2. The molecule has 0 bridgehead atoms. The van der Waals surface area contributed by atoms with Crippen molar-refractivity contribution in [3.8, 4) is 5.75 Å². The molecule has 2 aromatic carbocycles. The number of carbonyl (C=O) groups excluding carboxylic acids is 1. The first-order valence-corrected chi connectivity index (χ1v) is 6.17.